The van der Waals surface area contributed by atoms with Crippen molar-refractivity contribution in [2.45, 2.75) is 37.1 Å². The van der Waals surface area contributed by atoms with E-state index in [1.165, 1.54) is 4.31 Å². The van der Waals surface area contributed by atoms with Crippen molar-refractivity contribution in [3.05, 3.63) is 77.4 Å². The fraction of sp³-hybridized carbons (Fsp3) is 0.333. The summed E-state index contributed by atoms with van der Waals surface area (Å²) in [6.07, 6.45) is -3.96. The number of benzene rings is 3. The predicted octanol–water partition coefficient (Wildman–Crippen LogP) is 5.43. The second kappa shape index (κ2) is 10.00. The van der Waals surface area contributed by atoms with Crippen molar-refractivity contribution in [1.29, 1.82) is 0 Å². The van der Waals surface area contributed by atoms with Crippen molar-refractivity contribution in [2.75, 3.05) is 26.4 Å². The lowest BCUT2D eigenvalue weighted by Gasteiger charge is -2.21. The topological polar surface area (TPSA) is 65.1 Å². The van der Waals surface area contributed by atoms with Crippen LogP contribution in [0.1, 0.15) is 23.1 Å². The first-order chi connectivity index (χ1) is 17.6. The SMILES string of the molecule is Cc1ccccc1-c1cc2c(c(OC3CCOC3)c1)OCCN(S(=O)(=O)c1ccc(C(F)(F)F)cc1)C2. The fourth-order valence-corrected chi connectivity index (χ4v) is 5.96. The highest BCUT2D eigenvalue weighted by Gasteiger charge is 2.33. The summed E-state index contributed by atoms with van der Waals surface area (Å²) in [5, 5.41) is 0. The first kappa shape index (κ1) is 25.6. The van der Waals surface area contributed by atoms with Gasteiger partial charge in [0.25, 0.3) is 0 Å². The molecule has 0 N–H and O–H groups in total. The zero-order valence-electron chi connectivity index (χ0n) is 20.1. The van der Waals surface area contributed by atoms with Gasteiger partial charge >= 0.3 is 6.18 Å². The van der Waals surface area contributed by atoms with Crippen LogP contribution >= 0.6 is 0 Å². The van der Waals surface area contributed by atoms with Gasteiger partial charge in [-0.1, -0.05) is 24.3 Å². The van der Waals surface area contributed by atoms with Crippen molar-refractivity contribution < 1.29 is 35.8 Å². The third-order valence-electron chi connectivity index (χ3n) is 6.52. The maximum absolute atomic E-state index is 13.4. The molecule has 0 bridgehead atoms. The minimum atomic E-state index is -4.55. The summed E-state index contributed by atoms with van der Waals surface area (Å²) in [6.45, 7) is 3.13. The number of alkyl halides is 3. The highest BCUT2D eigenvalue weighted by Crippen LogP contribution is 2.41. The Bertz CT molecular complexity index is 1380. The molecule has 5 rings (SSSR count). The number of aryl methyl sites for hydroxylation is 1. The molecule has 0 radical (unpaired) electrons. The number of nitrogens with zero attached hydrogens (tertiary/aromatic N) is 1. The third-order valence-corrected chi connectivity index (χ3v) is 8.38. The van der Waals surface area contributed by atoms with E-state index in [2.05, 4.69) is 0 Å². The van der Waals surface area contributed by atoms with Crippen LogP contribution in [0, 0.1) is 6.92 Å². The lowest BCUT2D eigenvalue weighted by molar-refractivity contribution is -0.137. The van der Waals surface area contributed by atoms with Crippen LogP contribution in [-0.4, -0.2) is 45.2 Å². The Labute approximate surface area is 213 Å². The van der Waals surface area contributed by atoms with Gasteiger partial charge in [-0.3, -0.25) is 0 Å². The lowest BCUT2D eigenvalue weighted by Crippen LogP contribution is -2.32. The number of ether oxygens (including phenoxy) is 3. The Hall–Kier alpha value is -3.08. The van der Waals surface area contributed by atoms with Gasteiger partial charge in [0, 0.05) is 25.1 Å². The summed E-state index contributed by atoms with van der Waals surface area (Å²) in [6, 6.07) is 15.2. The summed E-state index contributed by atoms with van der Waals surface area (Å²) < 4.78 is 84.7. The van der Waals surface area contributed by atoms with Gasteiger partial charge in [0.05, 0.1) is 23.7 Å². The molecule has 1 saturated heterocycles. The number of fused-ring (bicyclic) bond motifs is 1. The van der Waals surface area contributed by atoms with E-state index in [1.807, 2.05) is 43.3 Å². The monoisotopic (exact) mass is 533 g/mol. The Morgan fingerprint density at radius 2 is 1.78 bits per heavy atom. The molecule has 0 saturated carbocycles. The summed E-state index contributed by atoms with van der Waals surface area (Å²) in [5.74, 6) is 0.981. The van der Waals surface area contributed by atoms with Gasteiger partial charge in [-0.05, 0) is 60.0 Å². The number of sulfonamides is 1. The van der Waals surface area contributed by atoms with Crippen molar-refractivity contribution in [1.82, 2.24) is 4.31 Å². The minimum Gasteiger partial charge on any atom is -0.488 e. The summed E-state index contributed by atoms with van der Waals surface area (Å²) in [4.78, 5) is -0.210. The number of hydrogen-bond acceptors (Lipinski definition) is 5. The number of hydrogen-bond donors (Lipinski definition) is 0. The van der Waals surface area contributed by atoms with Crippen LogP contribution in [0.5, 0.6) is 11.5 Å². The van der Waals surface area contributed by atoms with Crippen LogP contribution in [0.15, 0.2) is 65.6 Å². The van der Waals surface area contributed by atoms with Gasteiger partial charge in [-0.2, -0.15) is 17.5 Å². The minimum absolute atomic E-state index is 0.0179. The second-order valence-corrected chi connectivity index (χ2v) is 11.0. The largest absolute Gasteiger partial charge is 0.488 e. The van der Waals surface area contributed by atoms with Crippen molar-refractivity contribution in [3.63, 3.8) is 0 Å². The Balaban J connectivity index is 1.53. The number of rotatable bonds is 5. The van der Waals surface area contributed by atoms with Crippen LogP contribution in [0.25, 0.3) is 11.1 Å². The standard InChI is InChI=1S/C27H26F3NO5S/c1-18-4-2-3-5-24(18)19-14-20-16-31(37(32,33)23-8-6-21(7-9-23)27(28,29)30)11-13-35-26(20)25(15-19)36-22-10-12-34-17-22/h2-9,14-15,22H,10-13,16-17H2,1H3. The van der Waals surface area contributed by atoms with Crippen molar-refractivity contribution >= 4 is 10.0 Å². The first-order valence-electron chi connectivity index (χ1n) is 11.9. The molecule has 3 aromatic carbocycles. The zero-order valence-corrected chi connectivity index (χ0v) is 20.9. The van der Waals surface area contributed by atoms with Crippen molar-refractivity contribution in [3.8, 4) is 22.6 Å². The molecule has 0 amide bonds. The molecular formula is C27H26F3NO5S. The molecule has 37 heavy (non-hydrogen) atoms. The van der Waals surface area contributed by atoms with Gasteiger partial charge in [-0.15, -0.1) is 0 Å². The predicted molar refractivity (Wildman–Crippen MR) is 131 cm³/mol. The first-order valence-corrected chi connectivity index (χ1v) is 13.3. The molecule has 0 aromatic heterocycles. The average molecular weight is 534 g/mol. The van der Waals surface area contributed by atoms with E-state index in [0.29, 0.717) is 30.3 Å². The molecule has 0 aliphatic carbocycles. The van der Waals surface area contributed by atoms with Crippen molar-refractivity contribution in [2.24, 2.45) is 0 Å². The number of halogens is 3. The second-order valence-electron chi connectivity index (χ2n) is 9.09. The molecular weight excluding hydrogens is 507 g/mol. The van der Waals surface area contributed by atoms with Crippen LogP contribution in [0.3, 0.4) is 0 Å². The van der Waals surface area contributed by atoms with E-state index in [-0.39, 0.29) is 30.7 Å². The van der Waals surface area contributed by atoms with Gasteiger partial charge in [0.15, 0.2) is 11.5 Å². The van der Waals surface area contributed by atoms with E-state index in [4.69, 9.17) is 14.2 Å². The van der Waals surface area contributed by atoms with Gasteiger partial charge in [0.1, 0.15) is 12.7 Å². The van der Waals surface area contributed by atoms with Gasteiger partial charge in [-0.25, -0.2) is 8.42 Å². The molecule has 196 valence electrons. The van der Waals surface area contributed by atoms with E-state index < -0.39 is 21.8 Å². The summed E-state index contributed by atoms with van der Waals surface area (Å²) >= 11 is 0. The quantitative estimate of drug-likeness (QED) is 0.438. The fourth-order valence-electron chi connectivity index (χ4n) is 4.56. The van der Waals surface area contributed by atoms with Crippen LogP contribution in [0.2, 0.25) is 0 Å². The molecule has 2 aliphatic heterocycles. The Morgan fingerprint density at radius 3 is 2.46 bits per heavy atom. The van der Waals surface area contributed by atoms with Crippen LogP contribution in [-0.2, 0) is 27.5 Å². The molecule has 2 heterocycles. The molecule has 0 spiro atoms. The Morgan fingerprint density at radius 1 is 1.03 bits per heavy atom. The molecule has 1 atom stereocenters. The van der Waals surface area contributed by atoms with E-state index >= 15 is 0 Å². The summed E-state index contributed by atoms with van der Waals surface area (Å²) in [7, 11) is -4.09. The van der Waals surface area contributed by atoms with E-state index in [0.717, 1.165) is 47.4 Å². The van der Waals surface area contributed by atoms with Crippen LogP contribution < -0.4 is 9.47 Å². The highest BCUT2D eigenvalue weighted by molar-refractivity contribution is 7.89. The van der Waals surface area contributed by atoms with Gasteiger partial charge in [0.2, 0.25) is 10.0 Å². The molecule has 6 nitrogen and oxygen atoms in total. The normalized spacial score (nSPS) is 18.6. The molecule has 1 fully saturated rings. The third kappa shape index (κ3) is 5.32. The highest BCUT2D eigenvalue weighted by atomic mass is 32.2. The summed E-state index contributed by atoms with van der Waals surface area (Å²) in [5.41, 5.74) is 2.57. The average Bonchev–Trinajstić information content (AvgIpc) is 3.27. The van der Waals surface area contributed by atoms with E-state index in [1.54, 1.807) is 0 Å². The molecule has 10 heteroatoms. The Kier molecular flexibility index (Phi) is 6.91. The molecule has 2 aliphatic rings. The van der Waals surface area contributed by atoms with E-state index in [9.17, 15) is 21.6 Å². The zero-order chi connectivity index (χ0) is 26.2. The maximum atomic E-state index is 13.4. The van der Waals surface area contributed by atoms with Crippen LogP contribution in [0.4, 0.5) is 13.2 Å². The maximum Gasteiger partial charge on any atom is 0.416 e. The molecule has 3 aromatic rings. The smallest absolute Gasteiger partial charge is 0.416 e. The lowest BCUT2D eigenvalue weighted by atomic mass is 9.98. The molecule has 1 unspecified atom stereocenters. The van der Waals surface area contributed by atoms with Gasteiger partial charge < -0.3 is 14.2 Å².